The molecule has 1 fully saturated rings. The van der Waals surface area contributed by atoms with Crippen LogP contribution in [-0.2, 0) is 19.3 Å². The summed E-state index contributed by atoms with van der Waals surface area (Å²) < 4.78 is 52.7. The molecule has 0 atom stereocenters. The standard InChI is InChI=1S/C24H22F4N4O/c25-20-9-8-17(24(26,27)28)10-15(20)12-30-13-16-11-19(21(29)14-6-7-14)22(32-23(16)33)31-18-4-2-1-3-5-18/h1-5,8-11,14,29-30H,6-7,12-13H2,(H2,31,32,33). The normalized spacial score (nSPS) is 13.7. The van der Waals surface area contributed by atoms with E-state index >= 15 is 0 Å². The maximum Gasteiger partial charge on any atom is 0.416 e. The van der Waals surface area contributed by atoms with E-state index in [1.54, 1.807) is 6.07 Å². The Labute approximate surface area is 187 Å². The van der Waals surface area contributed by atoms with E-state index in [0.29, 0.717) is 28.7 Å². The van der Waals surface area contributed by atoms with Crippen molar-refractivity contribution in [1.82, 2.24) is 10.3 Å². The van der Waals surface area contributed by atoms with Gasteiger partial charge in [-0.2, -0.15) is 13.2 Å². The van der Waals surface area contributed by atoms with Crippen molar-refractivity contribution in [3.8, 4) is 0 Å². The summed E-state index contributed by atoms with van der Waals surface area (Å²) in [5, 5.41) is 14.5. The molecule has 1 aliphatic rings. The zero-order valence-electron chi connectivity index (χ0n) is 17.5. The van der Waals surface area contributed by atoms with Crippen molar-refractivity contribution in [3.05, 3.63) is 93.0 Å². The number of alkyl halides is 3. The highest BCUT2D eigenvalue weighted by molar-refractivity contribution is 6.05. The van der Waals surface area contributed by atoms with Crippen LogP contribution in [-0.4, -0.2) is 10.7 Å². The zero-order valence-corrected chi connectivity index (χ0v) is 17.5. The van der Waals surface area contributed by atoms with Gasteiger partial charge in [0.05, 0.1) is 5.56 Å². The van der Waals surface area contributed by atoms with Gasteiger partial charge in [-0.25, -0.2) is 4.39 Å². The Balaban J connectivity index is 1.54. The van der Waals surface area contributed by atoms with Crippen molar-refractivity contribution in [1.29, 1.82) is 5.41 Å². The number of benzene rings is 2. The highest BCUT2D eigenvalue weighted by atomic mass is 19.4. The third-order valence-electron chi connectivity index (χ3n) is 5.44. The molecule has 9 heteroatoms. The molecule has 1 aromatic heterocycles. The van der Waals surface area contributed by atoms with Gasteiger partial charge in [-0.15, -0.1) is 0 Å². The number of aromatic amines is 1. The molecule has 0 unspecified atom stereocenters. The third kappa shape index (κ3) is 5.48. The first-order valence-corrected chi connectivity index (χ1v) is 10.5. The number of H-pyrrole nitrogens is 1. The summed E-state index contributed by atoms with van der Waals surface area (Å²) in [6.45, 7) is -0.184. The predicted octanol–water partition coefficient (Wildman–Crippen LogP) is 5.34. The molecule has 1 saturated carbocycles. The lowest BCUT2D eigenvalue weighted by molar-refractivity contribution is -0.137. The van der Waals surface area contributed by atoms with E-state index in [1.165, 1.54) is 0 Å². The van der Waals surface area contributed by atoms with Crippen LogP contribution in [0.2, 0.25) is 0 Å². The lowest BCUT2D eigenvalue weighted by atomic mass is 10.0. The molecule has 0 saturated heterocycles. The van der Waals surface area contributed by atoms with Crippen LogP contribution >= 0.6 is 0 Å². The van der Waals surface area contributed by atoms with Crippen LogP contribution in [0.5, 0.6) is 0 Å². The van der Waals surface area contributed by atoms with E-state index < -0.39 is 23.1 Å². The summed E-state index contributed by atoms with van der Waals surface area (Å²) in [5.41, 5.74) is 0.547. The minimum atomic E-state index is -4.57. The van der Waals surface area contributed by atoms with E-state index in [2.05, 4.69) is 15.6 Å². The predicted molar refractivity (Wildman–Crippen MR) is 118 cm³/mol. The number of nitrogens with one attached hydrogen (secondary N) is 4. The van der Waals surface area contributed by atoms with Crippen LogP contribution in [0.3, 0.4) is 0 Å². The summed E-state index contributed by atoms with van der Waals surface area (Å²) in [5.74, 6) is -0.217. The van der Waals surface area contributed by atoms with Crippen molar-refractivity contribution >= 4 is 17.2 Å². The van der Waals surface area contributed by atoms with Gasteiger partial charge in [0.1, 0.15) is 11.6 Å². The van der Waals surface area contributed by atoms with Crippen molar-refractivity contribution < 1.29 is 17.6 Å². The smallest absolute Gasteiger partial charge is 0.341 e. The molecule has 33 heavy (non-hydrogen) atoms. The van der Waals surface area contributed by atoms with Gasteiger partial charge < -0.3 is 21.0 Å². The highest BCUT2D eigenvalue weighted by Gasteiger charge is 2.31. The van der Waals surface area contributed by atoms with Crippen LogP contribution < -0.4 is 16.2 Å². The first kappa shape index (κ1) is 22.7. The van der Waals surface area contributed by atoms with Crippen LogP contribution in [0.4, 0.5) is 29.1 Å². The van der Waals surface area contributed by atoms with E-state index in [0.717, 1.165) is 30.7 Å². The second-order valence-electron chi connectivity index (χ2n) is 8.00. The molecule has 172 valence electrons. The molecule has 0 aliphatic heterocycles. The van der Waals surface area contributed by atoms with Crippen LogP contribution in [0.25, 0.3) is 0 Å². The van der Waals surface area contributed by atoms with E-state index in [1.807, 2.05) is 30.3 Å². The Morgan fingerprint density at radius 1 is 1.03 bits per heavy atom. The summed E-state index contributed by atoms with van der Waals surface area (Å²) in [7, 11) is 0. The molecule has 0 radical (unpaired) electrons. The third-order valence-corrected chi connectivity index (χ3v) is 5.44. The van der Waals surface area contributed by atoms with Gasteiger partial charge >= 0.3 is 6.18 Å². The number of aromatic nitrogens is 1. The molecule has 1 heterocycles. The molecule has 4 N–H and O–H groups in total. The molecule has 1 aliphatic carbocycles. The highest BCUT2D eigenvalue weighted by Crippen LogP contribution is 2.34. The molecule has 2 aromatic carbocycles. The Kier molecular flexibility index (Phi) is 6.33. The maximum atomic E-state index is 14.0. The fourth-order valence-electron chi connectivity index (χ4n) is 3.49. The number of anilines is 2. The minimum absolute atomic E-state index is 0.00157. The van der Waals surface area contributed by atoms with Gasteiger partial charge in [0.2, 0.25) is 0 Å². The molecule has 0 amide bonds. The largest absolute Gasteiger partial charge is 0.416 e. The maximum absolute atomic E-state index is 14.0. The van der Waals surface area contributed by atoms with Crippen LogP contribution in [0.1, 0.15) is 35.1 Å². The molecule has 5 nitrogen and oxygen atoms in total. The first-order chi connectivity index (χ1) is 15.7. The van der Waals surface area contributed by atoms with E-state index in [-0.39, 0.29) is 24.6 Å². The van der Waals surface area contributed by atoms with Gasteiger partial charge in [-0.05, 0) is 49.2 Å². The van der Waals surface area contributed by atoms with Gasteiger partial charge in [-0.3, -0.25) is 4.79 Å². The van der Waals surface area contributed by atoms with Gasteiger partial charge in [0.15, 0.2) is 0 Å². The Hall–Kier alpha value is -3.46. The number of halogens is 4. The molecule has 3 aromatic rings. The quantitative estimate of drug-likeness (QED) is 0.272. The minimum Gasteiger partial charge on any atom is -0.341 e. The summed E-state index contributed by atoms with van der Waals surface area (Å²) in [4.78, 5) is 15.4. The lowest BCUT2D eigenvalue weighted by Crippen LogP contribution is -2.24. The number of para-hydroxylation sites is 1. The second kappa shape index (κ2) is 9.19. The fraction of sp³-hybridized carbons (Fsp3) is 0.250. The van der Waals surface area contributed by atoms with E-state index in [9.17, 15) is 22.4 Å². The summed E-state index contributed by atoms with van der Waals surface area (Å²) >= 11 is 0. The average Bonchev–Trinajstić information content (AvgIpc) is 3.61. The van der Waals surface area contributed by atoms with Gasteiger partial charge in [-0.1, -0.05) is 18.2 Å². The summed E-state index contributed by atoms with van der Waals surface area (Å²) in [6.07, 6.45) is -2.75. The molecular weight excluding hydrogens is 436 g/mol. The fourth-order valence-corrected chi connectivity index (χ4v) is 3.49. The van der Waals surface area contributed by atoms with Crippen molar-refractivity contribution in [2.75, 3.05) is 5.32 Å². The molecule has 4 rings (SSSR count). The molecule has 0 bridgehead atoms. The molecule has 0 spiro atoms. The van der Waals surface area contributed by atoms with Crippen molar-refractivity contribution in [3.63, 3.8) is 0 Å². The van der Waals surface area contributed by atoms with Crippen molar-refractivity contribution in [2.45, 2.75) is 32.1 Å². The average molecular weight is 458 g/mol. The summed E-state index contributed by atoms with van der Waals surface area (Å²) in [6, 6.07) is 13.1. The lowest BCUT2D eigenvalue weighted by Gasteiger charge is -2.15. The van der Waals surface area contributed by atoms with Gasteiger partial charge in [0, 0.05) is 47.1 Å². The van der Waals surface area contributed by atoms with Crippen LogP contribution in [0, 0.1) is 17.1 Å². The van der Waals surface area contributed by atoms with Gasteiger partial charge in [0.25, 0.3) is 5.56 Å². The monoisotopic (exact) mass is 458 g/mol. The molecular formula is C24H22F4N4O. The topological polar surface area (TPSA) is 80.8 Å². The number of hydrogen-bond acceptors (Lipinski definition) is 4. The zero-order chi connectivity index (χ0) is 23.6. The SMILES string of the molecule is N=C(c1cc(CNCc2cc(C(F)(F)F)ccc2F)c(=O)[nH]c1Nc1ccccc1)C1CC1. The number of pyridine rings is 1. The van der Waals surface area contributed by atoms with Crippen LogP contribution in [0.15, 0.2) is 59.4 Å². The Morgan fingerprint density at radius 3 is 2.39 bits per heavy atom. The van der Waals surface area contributed by atoms with E-state index in [4.69, 9.17) is 5.41 Å². The first-order valence-electron chi connectivity index (χ1n) is 10.5. The number of hydrogen-bond donors (Lipinski definition) is 4. The second-order valence-corrected chi connectivity index (χ2v) is 8.00. The Bertz CT molecular complexity index is 1220. The van der Waals surface area contributed by atoms with Crippen molar-refractivity contribution in [2.24, 2.45) is 5.92 Å². The Morgan fingerprint density at radius 2 is 1.73 bits per heavy atom. The number of rotatable bonds is 8.